The molecule has 1 aromatic rings. The Kier molecular flexibility index (Phi) is 4.21. The lowest BCUT2D eigenvalue weighted by atomic mass is 9.84. The van der Waals surface area contributed by atoms with E-state index in [-0.39, 0.29) is 0 Å². The number of nitrogens with zero attached hydrogens (tertiary/aromatic N) is 1. The fourth-order valence-corrected chi connectivity index (χ4v) is 2.88. The largest absolute Gasteiger partial charge is 0.323 e. The van der Waals surface area contributed by atoms with Crippen LogP contribution in [0.2, 0.25) is 0 Å². The van der Waals surface area contributed by atoms with Crippen LogP contribution >= 0.6 is 0 Å². The molecular formula is C15H22F2N2. The minimum Gasteiger partial charge on any atom is -0.323 e. The molecule has 0 radical (unpaired) electrons. The second-order valence-electron chi connectivity index (χ2n) is 6.28. The Hall–Kier alpha value is -1.00. The molecule has 19 heavy (non-hydrogen) atoms. The molecule has 2 N–H and O–H groups in total. The normalized spacial score (nSPS) is 21.3. The Bertz CT molecular complexity index is 446. The van der Waals surface area contributed by atoms with Crippen molar-refractivity contribution in [1.29, 1.82) is 0 Å². The van der Waals surface area contributed by atoms with Crippen molar-refractivity contribution in [2.75, 3.05) is 19.6 Å². The first kappa shape index (κ1) is 14.4. The first-order valence-corrected chi connectivity index (χ1v) is 6.80. The topological polar surface area (TPSA) is 29.3 Å². The second kappa shape index (κ2) is 5.55. The molecule has 2 rings (SSSR count). The van der Waals surface area contributed by atoms with Gasteiger partial charge in [0.15, 0.2) is 0 Å². The maximum atomic E-state index is 13.7. The Labute approximate surface area is 113 Å². The number of piperidine rings is 1. The Morgan fingerprint density at radius 3 is 2.74 bits per heavy atom. The lowest BCUT2D eigenvalue weighted by molar-refractivity contribution is 0.111. The monoisotopic (exact) mass is 268 g/mol. The van der Waals surface area contributed by atoms with Crippen LogP contribution in [-0.2, 0) is 0 Å². The van der Waals surface area contributed by atoms with Gasteiger partial charge in [-0.15, -0.1) is 0 Å². The van der Waals surface area contributed by atoms with Gasteiger partial charge in [0.25, 0.3) is 0 Å². The van der Waals surface area contributed by atoms with Crippen LogP contribution in [0.5, 0.6) is 0 Å². The van der Waals surface area contributed by atoms with Gasteiger partial charge in [0.05, 0.1) is 0 Å². The Morgan fingerprint density at radius 1 is 1.37 bits per heavy atom. The summed E-state index contributed by atoms with van der Waals surface area (Å²) in [4.78, 5) is 2.27. The summed E-state index contributed by atoms with van der Waals surface area (Å²) in [5.74, 6) is -1.11. The van der Waals surface area contributed by atoms with Crippen molar-refractivity contribution in [2.45, 2.75) is 32.7 Å². The predicted octanol–water partition coefficient (Wildman–Crippen LogP) is 3.09. The van der Waals surface area contributed by atoms with Crippen molar-refractivity contribution in [3.63, 3.8) is 0 Å². The maximum Gasteiger partial charge on any atom is 0.130 e. The highest BCUT2D eigenvalue weighted by Crippen LogP contribution is 2.29. The molecule has 106 valence electrons. The van der Waals surface area contributed by atoms with Crippen LogP contribution in [0, 0.1) is 17.0 Å². The predicted molar refractivity (Wildman–Crippen MR) is 72.7 cm³/mol. The lowest BCUT2D eigenvalue weighted by Gasteiger charge is -2.39. The van der Waals surface area contributed by atoms with Gasteiger partial charge in [-0.3, -0.25) is 0 Å². The average molecular weight is 268 g/mol. The second-order valence-corrected chi connectivity index (χ2v) is 6.28. The van der Waals surface area contributed by atoms with Gasteiger partial charge >= 0.3 is 0 Å². The van der Waals surface area contributed by atoms with Crippen LogP contribution < -0.4 is 5.73 Å². The quantitative estimate of drug-likeness (QED) is 0.912. The van der Waals surface area contributed by atoms with Crippen LogP contribution in [0.4, 0.5) is 8.78 Å². The molecule has 1 saturated heterocycles. The maximum absolute atomic E-state index is 13.7. The third-order valence-electron chi connectivity index (χ3n) is 3.80. The van der Waals surface area contributed by atoms with E-state index in [1.807, 2.05) is 0 Å². The first-order chi connectivity index (χ1) is 8.87. The number of halogens is 2. The number of likely N-dealkylation sites (tertiary alicyclic amines) is 1. The Balaban J connectivity index is 2.02. The molecule has 0 amide bonds. The minimum atomic E-state index is -0.562. The molecule has 1 atom stereocenters. The summed E-state index contributed by atoms with van der Waals surface area (Å²) in [7, 11) is 0. The van der Waals surface area contributed by atoms with Crippen LogP contribution in [0.25, 0.3) is 0 Å². The van der Waals surface area contributed by atoms with Gasteiger partial charge in [-0.1, -0.05) is 19.9 Å². The molecule has 1 aromatic carbocycles. The van der Waals surface area contributed by atoms with Gasteiger partial charge in [0.2, 0.25) is 0 Å². The molecular weight excluding hydrogens is 246 g/mol. The number of nitrogens with two attached hydrogens (primary N) is 1. The molecule has 0 aromatic heterocycles. The van der Waals surface area contributed by atoms with Crippen molar-refractivity contribution in [3.05, 3.63) is 35.4 Å². The van der Waals surface area contributed by atoms with Crippen LogP contribution in [0.3, 0.4) is 0 Å². The van der Waals surface area contributed by atoms with E-state index in [0.29, 0.717) is 17.5 Å². The molecule has 0 saturated carbocycles. The van der Waals surface area contributed by atoms with Crippen LogP contribution in [0.1, 0.15) is 38.3 Å². The highest BCUT2D eigenvalue weighted by molar-refractivity contribution is 5.22. The van der Waals surface area contributed by atoms with E-state index in [0.717, 1.165) is 25.6 Å². The lowest BCUT2D eigenvalue weighted by Crippen LogP contribution is -2.43. The van der Waals surface area contributed by atoms with E-state index >= 15 is 0 Å². The first-order valence-electron chi connectivity index (χ1n) is 6.80. The summed E-state index contributed by atoms with van der Waals surface area (Å²) in [6.45, 7) is 7.07. The number of rotatable bonds is 3. The molecule has 1 fully saturated rings. The smallest absolute Gasteiger partial charge is 0.130 e. The van der Waals surface area contributed by atoms with E-state index in [4.69, 9.17) is 5.73 Å². The van der Waals surface area contributed by atoms with E-state index in [1.54, 1.807) is 0 Å². The highest BCUT2D eigenvalue weighted by atomic mass is 19.1. The van der Waals surface area contributed by atoms with Crippen molar-refractivity contribution < 1.29 is 8.78 Å². The van der Waals surface area contributed by atoms with E-state index in [2.05, 4.69) is 18.7 Å². The molecule has 2 nitrogen and oxygen atoms in total. The van der Waals surface area contributed by atoms with Crippen molar-refractivity contribution in [1.82, 2.24) is 4.90 Å². The van der Waals surface area contributed by atoms with Crippen LogP contribution in [-0.4, -0.2) is 24.5 Å². The summed E-state index contributed by atoms with van der Waals surface area (Å²) in [6, 6.07) is 3.20. The molecule has 0 bridgehead atoms. The van der Waals surface area contributed by atoms with E-state index in [9.17, 15) is 8.78 Å². The van der Waals surface area contributed by atoms with Crippen molar-refractivity contribution in [3.8, 4) is 0 Å². The van der Waals surface area contributed by atoms with Gasteiger partial charge < -0.3 is 10.6 Å². The standard InChI is InChI=1S/C15H22F2N2/c1-15(2)6-3-7-19(10-15)9-14(18)12-5-4-11(16)8-13(12)17/h4-5,8,14H,3,6-7,9-10,18H2,1-2H3. The van der Waals surface area contributed by atoms with E-state index < -0.39 is 17.7 Å². The number of hydrogen-bond donors (Lipinski definition) is 1. The third kappa shape index (κ3) is 3.74. The molecule has 1 aliphatic heterocycles. The zero-order valence-corrected chi connectivity index (χ0v) is 11.6. The molecule has 1 heterocycles. The molecule has 4 heteroatoms. The zero-order chi connectivity index (χ0) is 14.0. The summed E-state index contributed by atoms with van der Waals surface area (Å²) >= 11 is 0. The van der Waals surface area contributed by atoms with Crippen molar-refractivity contribution >= 4 is 0 Å². The minimum absolute atomic E-state index is 0.291. The molecule has 0 spiro atoms. The van der Waals surface area contributed by atoms with Gasteiger partial charge in [-0.05, 0) is 30.9 Å². The van der Waals surface area contributed by atoms with Crippen molar-refractivity contribution in [2.24, 2.45) is 11.1 Å². The average Bonchev–Trinajstić information content (AvgIpc) is 2.27. The number of hydrogen-bond acceptors (Lipinski definition) is 2. The molecule has 1 aliphatic rings. The van der Waals surface area contributed by atoms with Crippen LogP contribution in [0.15, 0.2) is 18.2 Å². The van der Waals surface area contributed by atoms with Gasteiger partial charge in [-0.2, -0.15) is 0 Å². The fraction of sp³-hybridized carbons (Fsp3) is 0.600. The molecule has 1 unspecified atom stereocenters. The summed E-state index contributed by atoms with van der Waals surface area (Å²) in [6.07, 6.45) is 2.36. The summed E-state index contributed by atoms with van der Waals surface area (Å²) < 4.78 is 26.5. The third-order valence-corrected chi connectivity index (χ3v) is 3.80. The number of benzene rings is 1. The van der Waals surface area contributed by atoms with Gasteiger partial charge in [0, 0.05) is 30.8 Å². The van der Waals surface area contributed by atoms with Gasteiger partial charge in [0.1, 0.15) is 11.6 Å². The SMILES string of the molecule is CC1(C)CCCN(CC(N)c2ccc(F)cc2F)C1. The summed E-state index contributed by atoms with van der Waals surface area (Å²) in [5.41, 5.74) is 6.75. The summed E-state index contributed by atoms with van der Waals surface area (Å²) in [5, 5.41) is 0. The Morgan fingerprint density at radius 2 is 2.11 bits per heavy atom. The molecule has 0 aliphatic carbocycles. The van der Waals surface area contributed by atoms with Gasteiger partial charge in [-0.25, -0.2) is 8.78 Å². The zero-order valence-electron chi connectivity index (χ0n) is 11.6. The highest BCUT2D eigenvalue weighted by Gasteiger charge is 2.27. The fourth-order valence-electron chi connectivity index (χ4n) is 2.88. The van der Waals surface area contributed by atoms with E-state index in [1.165, 1.54) is 18.6 Å².